The molecule has 2 rings (SSSR count). The monoisotopic (exact) mass is 252 g/mol. The van der Waals surface area contributed by atoms with E-state index in [0.717, 1.165) is 29.5 Å². The fourth-order valence-corrected chi connectivity index (χ4v) is 2.38. The molecule has 2 aromatic rings. The Morgan fingerprint density at radius 3 is 2.16 bits per heavy atom. The van der Waals surface area contributed by atoms with Crippen LogP contribution in [0, 0.1) is 0 Å². The molecule has 0 heterocycles. The molecule has 1 N–H and O–H groups in total. The molecule has 0 saturated heterocycles. The molecule has 98 valence electrons. The van der Waals surface area contributed by atoms with Gasteiger partial charge in [0.2, 0.25) is 0 Å². The Bertz CT molecular complexity index is 567. The highest BCUT2D eigenvalue weighted by molar-refractivity contribution is 5.87. The summed E-state index contributed by atoms with van der Waals surface area (Å²) in [5.74, 6) is 0.393. The topological polar surface area (TPSA) is 20.2 Å². The van der Waals surface area contributed by atoms with E-state index in [0.29, 0.717) is 5.76 Å². The second kappa shape index (κ2) is 6.24. The number of aryl methyl sites for hydroxylation is 1. The van der Waals surface area contributed by atoms with E-state index in [9.17, 15) is 5.11 Å². The molecular formula is C18H20O. The van der Waals surface area contributed by atoms with Crippen LogP contribution in [0.4, 0.5) is 0 Å². The zero-order chi connectivity index (χ0) is 13.7. The molecular weight excluding hydrogens is 232 g/mol. The number of hydrogen-bond acceptors (Lipinski definition) is 1. The molecule has 0 aliphatic carbocycles. The predicted molar refractivity (Wildman–Crippen MR) is 82.0 cm³/mol. The van der Waals surface area contributed by atoms with Crippen LogP contribution in [-0.4, -0.2) is 5.11 Å². The van der Waals surface area contributed by atoms with Crippen molar-refractivity contribution in [3.05, 3.63) is 71.3 Å². The van der Waals surface area contributed by atoms with Gasteiger partial charge in [0.25, 0.3) is 0 Å². The summed E-state index contributed by atoms with van der Waals surface area (Å²) in [6, 6.07) is 18.0. The van der Waals surface area contributed by atoms with Gasteiger partial charge in [-0.15, -0.1) is 0 Å². The number of aliphatic hydroxyl groups is 1. The third-order valence-corrected chi connectivity index (χ3v) is 3.41. The zero-order valence-corrected chi connectivity index (χ0v) is 11.6. The largest absolute Gasteiger partial charge is 0.507 e. The number of benzene rings is 2. The summed E-state index contributed by atoms with van der Waals surface area (Å²) in [7, 11) is 0. The normalized spacial score (nSPS) is 12.1. The summed E-state index contributed by atoms with van der Waals surface area (Å²) in [6.07, 6.45) is 1.79. The van der Waals surface area contributed by atoms with E-state index >= 15 is 0 Å². The van der Waals surface area contributed by atoms with Crippen LogP contribution < -0.4 is 0 Å². The summed E-state index contributed by atoms with van der Waals surface area (Å²) in [6.45, 7) is 4.23. The van der Waals surface area contributed by atoms with Gasteiger partial charge in [-0.2, -0.15) is 0 Å². The first kappa shape index (κ1) is 13.4. The van der Waals surface area contributed by atoms with Gasteiger partial charge in [0.1, 0.15) is 5.76 Å². The van der Waals surface area contributed by atoms with E-state index < -0.39 is 0 Å². The zero-order valence-electron chi connectivity index (χ0n) is 11.6. The minimum atomic E-state index is 0.393. The van der Waals surface area contributed by atoms with E-state index in [1.54, 1.807) is 0 Å². The van der Waals surface area contributed by atoms with Crippen LogP contribution >= 0.6 is 0 Å². The predicted octanol–water partition coefficient (Wildman–Crippen LogP) is 5.09. The lowest BCUT2D eigenvalue weighted by Crippen LogP contribution is -1.95. The quantitative estimate of drug-likeness (QED) is 0.594. The second-order valence-corrected chi connectivity index (χ2v) is 4.56. The highest BCUT2D eigenvalue weighted by atomic mass is 16.3. The van der Waals surface area contributed by atoms with Crippen molar-refractivity contribution in [2.24, 2.45) is 0 Å². The Labute approximate surface area is 115 Å². The molecule has 0 radical (unpaired) electrons. The van der Waals surface area contributed by atoms with Crippen molar-refractivity contribution in [2.75, 3.05) is 0 Å². The first-order valence-corrected chi connectivity index (χ1v) is 6.83. The smallest absolute Gasteiger partial charge is 0.126 e. The molecule has 0 spiro atoms. The van der Waals surface area contributed by atoms with Gasteiger partial charge in [-0.1, -0.05) is 68.4 Å². The fourth-order valence-electron chi connectivity index (χ4n) is 2.38. The summed E-state index contributed by atoms with van der Waals surface area (Å²) in [5.41, 5.74) is 4.34. The van der Waals surface area contributed by atoms with Gasteiger partial charge in [-0.25, -0.2) is 0 Å². The summed E-state index contributed by atoms with van der Waals surface area (Å²) < 4.78 is 0. The Morgan fingerprint density at radius 1 is 0.895 bits per heavy atom. The van der Waals surface area contributed by atoms with Crippen LogP contribution in [0.15, 0.2) is 54.6 Å². The fraction of sp³-hybridized carbons (Fsp3) is 0.222. The van der Waals surface area contributed by atoms with Gasteiger partial charge < -0.3 is 5.11 Å². The first-order valence-electron chi connectivity index (χ1n) is 6.83. The number of allylic oxidation sites excluding steroid dienone is 1. The van der Waals surface area contributed by atoms with E-state index in [2.05, 4.69) is 32.0 Å². The van der Waals surface area contributed by atoms with E-state index in [-0.39, 0.29) is 0 Å². The lowest BCUT2D eigenvalue weighted by Gasteiger charge is -2.13. The molecule has 0 amide bonds. The lowest BCUT2D eigenvalue weighted by molar-refractivity contribution is 0.512. The van der Waals surface area contributed by atoms with Crippen molar-refractivity contribution in [3.63, 3.8) is 0 Å². The standard InChI is InChI=1S/C18H20O/c1-3-14-10-8-9-13-17(14)16(4-2)18(19)15-11-6-5-7-12-15/h5-13,19H,3-4H2,1-2H3. The maximum Gasteiger partial charge on any atom is 0.126 e. The maximum atomic E-state index is 10.5. The van der Waals surface area contributed by atoms with Gasteiger partial charge in [0.05, 0.1) is 0 Å². The average molecular weight is 252 g/mol. The molecule has 0 aliphatic heterocycles. The van der Waals surface area contributed by atoms with Crippen molar-refractivity contribution >= 4 is 11.3 Å². The number of hydrogen-bond donors (Lipinski definition) is 1. The third-order valence-electron chi connectivity index (χ3n) is 3.41. The maximum absolute atomic E-state index is 10.5. The van der Waals surface area contributed by atoms with Gasteiger partial charge in [0, 0.05) is 11.1 Å². The molecule has 0 saturated carbocycles. The molecule has 0 aliphatic rings. The van der Waals surface area contributed by atoms with E-state index in [4.69, 9.17) is 0 Å². The molecule has 0 unspecified atom stereocenters. The van der Waals surface area contributed by atoms with Crippen LogP contribution in [0.2, 0.25) is 0 Å². The molecule has 0 fully saturated rings. The Balaban J connectivity index is 2.56. The molecule has 2 aromatic carbocycles. The van der Waals surface area contributed by atoms with Crippen molar-refractivity contribution in [3.8, 4) is 0 Å². The van der Waals surface area contributed by atoms with Gasteiger partial charge in [-0.05, 0) is 24.0 Å². The lowest BCUT2D eigenvalue weighted by atomic mass is 9.93. The van der Waals surface area contributed by atoms with Crippen molar-refractivity contribution < 1.29 is 5.11 Å². The van der Waals surface area contributed by atoms with Crippen LogP contribution in [-0.2, 0) is 6.42 Å². The van der Waals surface area contributed by atoms with Crippen LogP contribution in [0.5, 0.6) is 0 Å². The van der Waals surface area contributed by atoms with Crippen molar-refractivity contribution in [1.82, 2.24) is 0 Å². The van der Waals surface area contributed by atoms with E-state index in [1.165, 1.54) is 5.56 Å². The molecule has 0 aromatic heterocycles. The Kier molecular flexibility index (Phi) is 4.40. The summed E-state index contributed by atoms with van der Waals surface area (Å²) in [4.78, 5) is 0. The minimum Gasteiger partial charge on any atom is -0.507 e. The second-order valence-electron chi connectivity index (χ2n) is 4.56. The van der Waals surface area contributed by atoms with Gasteiger partial charge >= 0.3 is 0 Å². The van der Waals surface area contributed by atoms with Crippen LogP contribution in [0.1, 0.15) is 37.0 Å². The highest BCUT2D eigenvalue weighted by Crippen LogP contribution is 2.29. The first-order chi connectivity index (χ1) is 9.27. The highest BCUT2D eigenvalue weighted by Gasteiger charge is 2.11. The van der Waals surface area contributed by atoms with Crippen molar-refractivity contribution in [2.45, 2.75) is 26.7 Å². The van der Waals surface area contributed by atoms with Gasteiger partial charge in [-0.3, -0.25) is 0 Å². The average Bonchev–Trinajstić information content (AvgIpc) is 2.49. The van der Waals surface area contributed by atoms with Crippen molar-refractivity contribution in [1.29, 1.82) is 0 Å². The molecule has 1 heteroatoms. The Hall–Kier alpha value is -2.02. The van der Waals surface area contributed by atoms with Gasteiger partial charge in [0.15, 0.2) is 0 Å². The van der Waals surface area contributed by atoms with Crippen LogP contribution in [0.3, 0.4) is 0 Å². The van der Waals surface area contributed by atoms with Crippen LogP contribution in [0.25, 0.3) is 11.3 Å². The molecule has 1 nitrogen and oxygen atoms in total. The SMILES string of the molecule is CCC(=C(O)c1ccccc1)c1ccccc1CC. The number of rotatable bonds is 4. The summed E-state index contributed by atoms with van der Waals surface area (Å²) >= 11 is 0. The summed E-state index contributed by atoms with van der Waals surface area (Å²) in [5, 5.41) is 10.5. The third kappa shape index (κ3) is 2.87. The molecule has 0 atom stereocenters. The molecule has 19 heavy (non-hydrogen) atoms. The number of aliphatic hydroxyl groups excluding tert-OH is 1. The Morgan fingerprint density at radius 2 is 1.53 bits per heavy atom. The van der Waals surface area contributed by atoms with E-state index in [1.807, 2.05) is 36.4 Å². The molecule has 0 bridgehead atoms. The minimum absolute atomic E-state index is 0.393.